The fourth-order valence-electron chi connectivity index (χ4n) is 1.45. The van der Waals surface area contributed by atoms with Crippen LogP contribution in [0.3, 0.4) is 0 Å². The first-order chi connectivity index (χ1) is 8.90. The number of rotatable bonds is 2. The van der Waals surface area contributed by atoms with Crippen LogP contribution in [0.4, 0.5) is 19.1 Å². The van der Waals surface area contributed by atoms with E-state index in [4.69, 9.17) is 17.4 Å². The molecule has 0 aliphatic rings. The molecule has 0 saturated carbocycles. The summed E-state index contributed by atoms with van der Waals surface area (Å²) in [6.07, 6.45) is -4.58. The van der Waals surface area contributed by atoms with Crippen molar-refractivity contribution < 1.29 is 13.2 Å². The summed E-state index contributed by atoms with van der Waals surface area (Å²) in [5, 5.41) is 0.395. The molecule has 0 spiro atoms. The number of hydrogen-bond acceptors (Lipinski definition) is 4. The SMILES string of the molecule is NNc1nc(-c2cccc(Cl)c2)cc(C(F)(F)F)n1. The molecular formula is C11H8ClF3N4. The normalized spacial score (nSPS) is 11.4. The van der Waals surface area contributed by atoms with E-state index >= 15 is 0 Å². The van der Waals surface area contributed by atoms with Gasteiger partial charge in [-0.1, -0.05) is 23.7 Å². The van der Waals surface area contributed by atoms with Crippen LogP contribution in [0.5, 0.6) is 0 Å². The van der Waals surface area contributed by atoms with E-state index in [1.807, 2.05) is 5.43 Å². The summed E-state index contributed by atoms with van der Waals surface area (Å²) in [4.78, 5) is 7.14. The van der Waals surface area contributed by atoms with E-state index in [0.29, 0.717) is 10.6 Å². The largest absolute Gasteiger partial charge is 0.433 e. The van der Waals surface area contributed by atoms with E-state index in [-0.39, 0.29) is 11.6 Å². The molecule has 0 amide bonds. The van der Waals surface area contributed by atoms with Gasteiger partial charge in [-0.25, -0.2) is 15.8 Å². The number of aromatic nitrogens is 2. The molecule has 1 heterocycles. The van der Waals surface area contributed by atoms with Crippen LogP contribution in [0.1, 0.15) is 5.69 Å². The van der Waals surface area contributed by atoms with Crippen LogP contribution in [0, 0.1) is 0 Å². The van der Waals surface area contributed by atoms with Crippen molar-refractivity contribution in [3.8, 4) is 11.3 Å². The first-order valence-corrected chi connectivity index (χ1v) is 5.47. The standard InChI is InChI=1S/C11H8ClF3N4/c12-7-3-1-2-6(4-7)8-5-9(11(13,14)15)18-10(17-8)19-16/h1-5H,16H2,(H,17,18,19). The molecule has 1 aromatic heterocycles. The summed E-state index contributed by atoms with van der Waals surface area (Å²) < 4.78 is 38.1. The maximum absolute atomic E-state index is 12.7. The summed E-state index contributed by atoms with van der Waals surface area (Å²) >= 11 is 5.79. The molecule has 8 heteroatoms. The Labute approximate surface area is 111 Å². The quantitative estimate of drug-likeness (QED) is 0.658. The Morgan fingerprint density at radius 3 is 2.47 bits per heavy atom. The minimum absolute atomic E-state index is 0.0813. The molecule has 19 heavy (non-hydrogen) atoms. The van der Waals surface area contributed by atoms with Crippen molar-refractivity contribution >= 4 is 17.5 Å². The summed E-state index contributed by atoms with van der Waals surface area (Å²) in [5.41, 5.74) is 1.45. The van der Waals surface area contributed by atoms with Crippen LogP contribution in [0.15, 0.2) is 30.3 Å². The van der Waals surface area contributed by atoms with Crippen LogP contribution in [-0.4, -0.2) is 9.97 Å². The van der Waals surface area contributed by atoms with Crippen molar-refractivity contribution in [1.29, 1.82) is 0 Å². The molecule has 0 atom stereocenters. The maximum Gasteiger partial charge on any atom is 0.433 e. The molecule has 1 aromatic carbocycles. The molecule has 0 radical (unpaired) electrons. The number of nitrogens with one attached hydrogen (secondary N) is 1. The molecule has 3 N–H and O–H groups in total. The first-order valence-electron chi connectivity index (χ1n) is 5.09. The highest BCUT2D eigenvalue weighted by molar-refractivity contribution is 6.30. The number of halogens is 4. The first kappa shape index (κ1) is 13.6. The number of hydrazine groups is 1. The van der Waals surface area contributed by atoms with Gasteiger partial charge < -0.3 is 0 Å². The Bertz CT molecular complexity index is 601. The van der Waals surface area contributed by atoms with Crippen molar-refractivity contribution in [2.45, 2.75) is 6.18 Å². The lowest BCUT2D eigenvalue weighted by atomic mass is 10.1. The van der Waals surface area contributed by atoms with E-state index in [2.05, 4.69) is 9.97 Å². The molecular weight excluding hydrogens is 281 g/mol. The van der Waals surface area contributed by atoms with Crippen LogP contribution in [0.25, 0.3) is 11.3 Å². The number of alkyl halides is 3. The van der Waals surface area contributed by atoms with Gasteiger partial charge in [0.15, 0.2) is 5.69 Å². The third kappa shape index (κ3) is 3.12. The molecule has 4 nitrogen and oxygen atoms in total. The maximum atomic E-state index is 12.7. The molecule has 0 bridgehead atoms. The lowest BCUT2D eigenvalue weighted by Crippen LogP contribution is -2.15. The molecule has 2 aromatic rings. The number of nitrogens with two attached hydrogens (primary N) is 1. The minimum Gasteiger partial charge on any atom is -0.292 e. The third-order valence-corrected chi connectivity index (χ3v) is 2.50. The molecule has 100 valence electrons. The van der Waals surface area contributed by atoms with E-state index in [1.54, 1.807) is 18.2 Å². The van der Waals surface area contributed by atoms with Gasteiger partial charge in [0, 0.05) is 10.6 Å². The van der Waals surface area contributed by atoms with Gasteiger partial charge in [0.05, 0.1) is 5.69 Å². The highest BCUT2D eigenvalue weighted by Gasteiger charge is 2.33. The predicted molar refractivity (Wildman–Crippen MR) is 65.3 cm³/mol. The Morgan fingerprint density at radius 1 is 1.16 bits per heavy atom. The summed E-state index contributed by atoms with van der Waals surface area (Å²) in [6, 6.07) is 7.16. The van der Waals surface area contributed by atoms with Gasteiger partial charge in [0.25, 0.3) is 0 Å². The van der Waals surface area contributed by atoms with Crippen molar-refractivity contribution in [1.82, 2.24) is 9.97 Å². The number of nitrogen functional groups attached to an aromatic ring is 1. The van der Waals surface area contributed by atoms with Crippen LogP contribution in [0.2, 0.25) is 5.02 Å². The zero-order chi connectivity index (χ0) is 14.0. The van der Waals surface area contributed by atoms with Crippen molar-refractivity contribution in [3.63, 3.8) is 0 Å². The van der Waals surface area contributed by atoms with Gasteiger partial charge in [-0.3, -0.25) is 5.43 Å². The van der Waals surface area contributed by atoms with E-state index < -0.39 is 11.9 Å². The van der Waals surface area contributed by atoms with Crippen LogP contribution in [-0.2, 0) is 6.18 Å². The van der Waals surface area contributed by atoms with Crippen LogP contribution < -0.4 is 11.3 Å². The van der Waals surface area contributed by atoms with Gasteiger partial charge in [-0.15, -0.1) is 0 Å². The summed E-state index contributed by atoms with van der Waals surface area (Å²) in [6.45, 7) is 0. The molecule has 2 rings (SSSR count). The zero-order valence-electron chi connectivity index (χ0n) is 9.37. The lowest BCUT2D eigenvalue weighted by molar-refractivity contribution is -0.141. The monoisotopic (exact) mass is 288 g/mol. The number of benzene rings is 1. The predicted octanol–water partition coefficient (Wildman–Crippen LogP) is 3.10. The van der Waals surface area contributed by atoms with Gasteiger partial charge in [0.2, 0.25) is 5.95 Å². The van der Waals surface area contributed by atoms with E-state index in [9.17, 15) is 13.2 Å². The number of hydrogen-bond donors (Lipinski definition) is 2. The van der Waals surface area contributed by atoms with Gasteiger partial charge >= 0.3 is 6.18 Å². The second-order valence-corrected chi connectivity index (χ2v) is 4.05. The Kier molecular flexibility index (Phi) is 3.59. The highest BCUT2D eigenvalue weighted by Crippen LogP contribution is 2.31. The van der Waals surface area contributed by atoms with Gasteiger partial charge in [-0.05, 0) is 18.2 Å². The fourth-order valence-corrected chi connectivity index (χ4v) is 1.64. The second kappa shape index (κ2) is 5.02. The number of nitrogens with zero attached hydrogens (tertiary/aromatic N) is 2. The molecule has 0 fully saturated rings. The Balaban J connectivity index is 2.57. The molecule has 0 aliphatic carbocycles. The Hall–Kier alpha value is -1.86. The Morgan fingerprint density at radius 2 is 1.89 bits per heavy atom. The van der Waals surface area contributed by atoms with Gasteiger partial charge in [0.1, 0.15) is 0 Å². The third-order valence-electron chi connectivity index (χ3n) is 2.27. The topological polar surface area (TPSA) is 63.8 Å². The van der Waals surface area contributed by atoms with Crippen molar-refractivity contribution in [3.05, 3.63) is 41.0 Å². The molecule has 0 saturated heterocycles. The lowest BCUT2D eigenvalue weighted by Gasteiger charge is -2.10. The fraction of sp³-hybridized carbons (Fsp3) is 0.0909. The number of anilines is 1. The summed E-state index contributed by atoms with van der Waals surface area (Å²) in [5.74, 6) is 4.76. The second-order valence-electron chi connectivity index (χ2n) is 3.61. The average molecular weight is 289 g/mol. The average Bonchev–Trinajstić information content (AvgIpc) is 2.37. The molecule has 0 unspecified atom stereocenters. The van der Waals surface area contributed by atoms with E-state index in [1.165, 1.54) is 6.07 Å². The van der Waals surface area contributed by atoms with Crippen molar-refractivity contribution in [2.24, 2.45) is 5.84 Å². The molecule has 0 aliphatic heterocycles. The summed E-state index contributed by atoms with van der Waals surface area (Å²) in [7, 11) is 0. The van der Waals surface area contributed by atoms with Crippen molar-refractivity contribution in [2.75, 3.05) is 5.43 Å². The van der Waals surface area contributed by atoms with E-state index in [0.717, 1.165) is 6.07 Å². The van der Waals surface area contributed by atoms with Gasteiger partial charge in [-0.2, -0.15) is 13.2 Å². The smallest absolute Gasteiger partial charge is 0.292 e. The van der Waals surface area contributed by atoms with Crippen LogP contribution >= 0.6 is 11.6 Å². The highest BCUT2D eigenvalue weighted by atomic mass is 35.5. The zero-order valence-corrected chi connectivity index (χ0v) is 10.1. The minimum atomic E-state index is -4.58.